The van der Waals surface area contributed by atoms with Crippen molar-refractivity contribution >= 4 is 29.2 Å². The number of halogens is 1. The molecule has 0 bridgehead atoms. The van der Waals surface area contributed by atoms with E-state index in [2.05, 4.69) is 10.3 Å². The topological polar surface area (TPSA) is 91.1 Å². The fourth-order valence-electron chi connectivity index (χ4n) is 3.80. The number of nitrogens with one attached hydrogen (secondary N) is 1. The number of anilines is 1. The summed E-state index contributed by atoms with van der Waals surface area (Å²) in [7, 11) is 0. The Balaban J connectivity index is 1.49. The number of ether oxygens (including phenoxy) is 1. The van der Waals surface area contributed by atoms with Crippen LogP contribution in [0.15, 0.2) is 48.5 Å². The highest BCUT2D eigenvalue weighted by Crippen LogP contribution is 2.23. The maximum atomic E-state index is 13.5. The van der Waals surface area contributed by atoms with Gasteiger partial charge in [-0.2, -0.15) is 0 Å². The lowest BCUT2D eigenvalue weighted by atomic mass is 10.1. The van der Waals surface area contributed by atoms with Crippen LogP contribution in [0.25, 0.3) is 0 Å². The molecule has 0 radical (unpaired) electrons. The third kappa shape index (κ3) is 4.99. The summed E-state index contributed by atoms with van der Waals surface area (Å²) in [5, 5.41) is 0.615. The lowest BCUT2D eigenvalue weighted by Gasteiger charge is -2.43. The average molecular weight is 444 g/mol. The quantitative estimate of drug-likeness (QED) is 0.419. The van der Waals surface area contributed by atoms with Crippen molar-refractivity contribution in [1.82, 2.24) is 15.2 Å². The molecule has 2 saturated heterocycles. The first-order valence-corrected chi connectivity index (χ1v) is 10.7. The summed E-state index contributed by atoms with van der Waals surface area (Å²) in [5.41, 5.74) is 4.26. The van der Waals surface area contributed by atoms with Crippen LogP contribution in [0.1, 0.15) is 15.9 Å². The molecule has 0 spiro atoms. The molecule has 2 aromatic rings. The van der Waals surface area contributed by atoms with Gasteiger partial charge in [-0.05, 0) is 42.0 Å². The molecule has 31 heavy (non-hydrogen) atoms. The van der Waals surface area contributed by atoms with E-state index in [1.54, 1.807) is 29.2 Å². The third-order valence-corrected chi connectivity index (χ3v) is 6.03. The fourth-order valence-corrected chi connectivity index (χ4v) is 3.93. The smallest absolute Gasteiger partial charge is 0.324 e. The number of hydrogen-bond acceptors (Lipinski definition) is 5. The predicted octanol–water partition coefficient (Wildman–Crippen LogP) is 2.09. The molecular formula is C22H26ClN5O3. The van der Waals surface area contributed by atoms with Crippen LogP contribution in [0.3, 0.4) is 0 Å². The summed E-state index contributed by atoms with van der Waals surface area (Å²) in [4.78, 5) is 31.2. The number of nitrogen functional groups attached to an aromatic ring is 1. The summed E-state index contributed by atoms with van der Waals surface area (Å²) in [5.74, 6) is 4.84. The zero-order valence-corrected chi connectivity index (χ0v) is 17.9. The van der Waals surface area contributed by atoms with Crippen LogP contribution in [-0.4, -0.2) is 67.2 Å². The van der Waals surface area contributed by atoms with Gasteiger partial charge in [0.05, 0.1) is 25.8 Å². The maximum Gasteiger partial charge on any atom is 0.324 e. The zero-order valence-electron chi connectivity index (χ0n) is 17.2. The Morgan fingerprint density at radius 1 is 1.03 bits per heavy atom. The van der Waals surface area contributed by atoms with Gasteiger partial charge in [0.15, 0.2) is 0 Å². The van der Waals surface area contributed by atoms with E-state index in [1.807, 2.05) is 29.2 Å². The molecule has 164 valence electrons. The molecule has 3 amide bonds. The zero-order chi connectivity index (χ0) is 21.8. The minimum absolute atomic E-state index is 0.0457. The fraction of sp³-hybridized carbons (Fsp3) is 0.364. The van der Waals surface area contributed by atoms with Gasteiger partial charge < -0.3 is 9.64 Å². The van der Waals surface area contributed by atoms with E-state index < -0.39 is 0 Å². The number of carbonyl (C=O) groups is 2. The highest BCUT2D eigenvalue weighted by molar-refractivity contribution is 6.30. The number of nitrogens with zero attached hydrogens (tertiary/aromatic N) is 3. The van der Waals surface area contributed by atoms with Gasteiger partial charge in [-0.3, -0.25) is 20.0 Å². The molecule has 0 atom stereocenters. The van der Waals surface area contributed by atoms with Crippen LogP contribution >= 0.6 is 11.6 Å². The van der Waals surface area contributed by atoms with E-state index in [4.69, 9.17) is 22.2 Å². The Bertz CT molecular complexity index is 910. The van der Waals surface area contributed by atoms with E-state index >= 15 is 0 Å². The van der Waals surface area contributed by atoms with Gasteiger partial charge in [-0.1, -0.05) is 23.7 Å². The molecule has 0 aromatic heterocycles. The standard InChI is InChI=1S/C22H26ClN5O3/c23-18-5-7-19(8-6-18)28(13-16-1-3-17(4-2-16)21(29)25-24)22(30)27-11-9-26(10-12-27)20-14-31-15-20/h1-8,20H,9-15,24H2,(H,25,29). The maximum absolute atomic E-state index is 13.5. The van der Waals surface area contributed by atoms with E-state index in [9.17, 15) is 9.59 Å². The second-order valence-corrected chi connectivity index (χ2v) is 8.17. The molecule has 2 heterocycles. The second kappa shape index (κ2) is 9.65. The highest BCUT2D eigenvalue weighted by Gasteiger charge is 2.32. The Hall–Kier alpha value is -2.65. The van der Waals surface area contributed by atoms with Gasteiger partial charge in [0.25, 0.3) is 5.91 Å². The lowest BCUT2D eigenvalue weighted by molar-refractivity contribution is -0.0738. The van der Waals surface area contributed by atoms with Crippen molar-refractivity contribution in [1.29, 1.82) is 0 Å². The van der Waals surface area contributed by atoms with Crippen molar-refractivity contribution in [3.05, 3.63) is 64.7 Å². The Morgan fingerprint density at radius 2 is 1.68 bits per heavy atom. The van der Waals surface area contributed by atoms with Gasteiger partial charge in [0.2, 0.25) is 0 Å². The number of piperazine rings is 1. The second-order valence-electron chi connectivity index (χ2n) is 7.73. The first kappa shape index (κ1) is 21.6. The monoisotopic (exact) mass is 443 g/mol. The van der Waals surface area contributed by atoms with Crippen molar-refractivity contribution in [2.24, 2.45) is 5.84 Å². The Morgan fingerprint density at radius 3 is 2.23 bits per heavy atom. The normalized spacial score (nSPS) is 17.2. The molecular weight excluding hydrogens is 418 g/mol. The van der Waals surface area contributed by atoms with Crippen molar-refractivity contribution < 1.29 is 14.3 Å². The molecule has 0 saturated carbocycles. The minimum atomic E-state index is -0.355. The van der Waals surface area contributed by atoms with E-state index in [0.29, 0.717) is 36.3 Å². The number of hydrazine groups is 1. The van der Waals surface area contributed by atoms with E-state index in [1.165, 1.54) is 0 Å². The van der Waals surface area contributed by atoms with Crippen molar-refractivity contribution in [3.63, 3.8) is 0 Å². The number of urea groups is 1. The van der Waals surface area contributed by atoms with Crippen LogP contribution < -0.4 is 16.2 Å². The molecule has 8 nitrogen and oxygen atoms in total. The summed E-state index contributed by atoms with van der Waals surface area (Å²) >= 11 is 6.05. The van der Waals surface area contributed by atoms with Crippen LogP contribution in [0.4, 0.5) is 10.5 Å². The summed E-state index contributed by atoms with van der Waals surface area (Å²) in [6.45, 7) is 4.98. The number of benzene rings is 2. The Kier molecular flexibility index (Phi) is 6.72. The van der Waals surface area contributed by atoms with Crippen molar-refractivity contribution in [2.45, 2.75) is 12.6 Å². The number of rotatable bonds is 5. The summed E-state index contributed by atoms with van der Waals surface area (Å²) < 4.78 is 5.29. The first-order chi connectivity index (χ1) is 15.0. The molecule has 9 heteroatoms. The van der Waals surface area contributed by atoms with E-state index in [0.717, 1.165) is 37.6 Å². The third-order valence-electron chi connectivity index (χ3n) is 5.78. The van der Waals surface area contributed by atoms with Gasteiger partial charge in [-0.25, -0.2) is 10.6 Å². The molecule has 2 aliphatic rings. The molecule has 0 unspecified atom stereocenters. The lowest BCUT2D eigenvalue weighted by Crippen LogP contribution is -2.59. The minimum Gasteiger partial charge on any atom is -0.378 e. The van der Waals surface area contributed by atoms with Crippen LogP contribution in [-0.2, 0) is 11.3 Å². The average Bonchev–Trinajstić information content (AvgIpc) is 2.77. The number of carbonyl (C=O) groups excluding carboxylic acids is 2. The predicted molar refractivity (Wildman–Crippen MR) is 119 cm³/mol. The summed E-state index contributed by atoms with van der Waals surface area (Å²) in [6, 6.07) is 14.7. The number of nitrogens with two attached hydrogens (primary N) is 1. The van der Waals surface area contributed by atoms with Crippen LogP contribution in [0, 0.1) is 0 Å². The van der Waals surface area contributed by atoms with Crippen LogP contribution in [0.5, 0.6) is 0 Å². The van der Waals surface area contributed by atoms with E-state index in [-0.39, 0.29) is 11.9 Å². The largest absolute Gasteiger partial charge is 0.378 e. The molecule has 3 N–H and O–H groups in total. The molecule has 0 aliphatic carbocycles. The van der Waals surface area contributed by atoms with Crippen LogP contribution in [0.2, 0.25) is 5.02 Å². The number of hydrogen-bond donors (Lipinski definition) is 2. The molecule has 4 rings (SSSR count). The highest BCUT2D eigenvalue weighted by atomic mass is 35.5. The van der Waals surface area contributed by atoms with Crippen molar-refractivity contribution in [2.75, 3.05) is 44.3 Å². The van der Waals surface area contributed by atoms with Gasteiger partial charge >= 0.3 is 6.03 Å². The number of amides is 3. The molecule has 2 aromatic carbocycles. The SMILES string of the molecule is NNC(=O)c1ccc(CN(C(=O)N2CCN(C3COC3)CC2)c2ccc(Cl)cc2)cc1. The molecule has 2 aliphatic heterocycles. The first-order valence-electron chi connectivity index (χ1n) is 10.3. The summed E-state index contributed by atoms with van der Waals surface area (Å²) in [6.07, 6.45) is 0. The van der Waals surface area contributed by atoms with Gasteiger partial charge in [0, 0.05) is 42.5 Å². The molecule has 2 fully saturated rings. The van der Waals surface area contributed by atoms with Crippen molar-refractivity contribution in [3.8, 4) is 0 Å². The van der Waals surface area contributed by atoms with Gasteiger partial charge in [0.1, 0.15) is 0 Å². The Labute approximate surface area is 186 Å². The van der Waals surface area contributed by atoms with Gasteiger partial charge in [-0.15, -0.1) is 0 Å².